The van der Waals surface area contributed by atoms with E-state index in [1.54, 1.807) is 36.4 Å². The van der Waals surface area contributed by atoms with Gasteiger partial charge < -0.3 is 10.4 Å². The number of aliphatic carboxylic acids is 1. The molecule has 5 nitrogen and oxygen atoms in total. The lowest BCUT2D eigenvalue weighted by molar-refractivity contribution is -0.138. The molecule has 0 aromatic heterocycles. The summed E-state index contributed by atoms with van der Waals surface area (Å²) in [6.07, 6.45) is 0. The van der Waals surface area contributed by atoms with E-state index in [9.17, 15) is 14.4 Å². The molecule has 0 aliphatic heterocycles. The lowest BCUT2D eigenvalue weighted by atomic mass is 10.2. The highest BCUT2D eigenvalue weighted by Gasteiger charge is 2.15. The zero-order valence-corrected chi connectivity index (χ0v) is 13.9. The van der Waals surface area contributed by atoms with Crippen molar-refractivity contribution in [2.45, 2.75) is 17.9 Å². The first-order chi connectivity index (χ1) is 11.5. The number of benzene rings is 2. The number of amides is 1. The largest absolute Gasteiger partial charge is 0.480 e. The van der Waals surface area contributed by atoms with Crippen LogP contribution in [0.4, 0.5) is 0 Å². The van der Waals surface area contributed by atoms with Crippen LogP contribution in [0.1, 0.15) is 27.6 Å². The first kappa shape index (κ1) is 17.7. The molecule has 124 valence electrons. The number of hydrogen-bond acceptors (Lipinski definition) is 4. The van der Waals surface area contributed by atoms with Crippen LogP contribution in [-0.4, -0.2) is 34.6 Å². The lowest BCUT2D eigenvalue weighted by Crippen LogP contribution is -2.38. The molecular formula is C18H17NO4S. The number of rotatable bonds is 7. The summed E-state index contributed by atoms with van der Waals surface area (Å²) in [5.41, 5.74) is 1.01. The number of carbonyl (C=O) groups is 3. The molecule has 0 aliphatic carbocycles. The van der Waals surface area contributed by atoms with E-state index in [0.717, 1.165) is 4.90 Å². The summed E-state index contributed by atoms with van der Waals surface area (Å²) in [7, 11) is 0. The predicted molar refractivity (Wildman–Crippen MR) is 92.5 cm³/mol. The van der Waals surface area contributed by atoms with Gasteiger partial charge in [-0.2, -0.15) is 0 Å². The van der Waals surface area contributed by atoms with Gasteiger partial charge in [-0.25, -0.2) is 0 Å². The highest BCUT2D eigenvalue weighted by molar-refractivity contribution is 8.00. The van der Waals surface area contributed by atoms with Crippen molar-refractivity contribution in [2.24, 2.45) is 0 Å². The van der Waals surface area contributed by atoms with Crippen LogP contribution >= 0.6 is 11.8 Å². The molecule has 1 amide bonds. The minimum atomic E-state index is -1.10. The Kier molecular flexibility index (Phi) is 6.14. The SMILES string of the molecule is CC(NC(=O)c1cccc(SCC(=O)c2ccccc2)c1)C(=O)O. The second kappa shape index (κ2) is 8.31. The van der Waals surface area contributed by atoms with Crippen LogP contribution in [0, 0.1) is 0 Å². The first-order valence-electron chi connectivity index (χ1n) is 7.32. The average molecular weight is 343 g/mol. The van der Waals surface area contributed by atoms with Gasteiger partial charge in [0.2, 0.25) is 0 Å². The third-order valence-electron chi connectivity index (χ3n) is 3.28. The van der Waals surface area contributed by atoms with Crippen LogP contribution in [0.3, 0.4) is 0 Å². The molecule has 1 atom stereocenters. The van der Waals surface area contributed by atoms with Crippen LogP contribution in [0.2, 0.25) is 0 Å². The fourth-order valence-electron chi connectivity index (χ4n) is 1.93. The Morgan fingerprint density at radius 1 is 1.04 bits per heavy atom. The normalized spacial score (nSPS) is 11.5. The van der Waals surface area contributed by atoms with Gasteiger partial charge in [0.15, 0.2) is 5.78 Å². The Balaban J connectivity index is 1.99. The molecule has 0 spiro atoms. The van der Waals surface area contributed by atoms with Crippen molar-refractivity contribution in [3.8, 4) is 0 Å². The Morgan fingerprint density at radius 3 is 2.38 bits per heavy atom. The summed E-state index contributed by atoms with van der Waals surface area (Å²) >= 11 is 1.33. The van der Waals surface area contributed by atoms with Crippen molar-refractivity contribution in [1.29, 1.82) is 0 Å². The van der Waals surface area contributed by atoms with Crippen molar-refractivity contribution in [3.05, 3.63) is 65.7 Å². The molecular weight excluding hydrogens is 326 g/mol. The highest BCUT2D eigenvalue weighted by atomic mass is 32.2. The Hall–Kier alpha value is -2.60. The van der Waals surface area contributed by atoms with E-state index in [0.29, 0.717) is 11.1 Å². The fourth-order valence-corrected chi connectivity index (χ4v) is 2.77. The van der Waals surface area contributed by atoms with Gasteiger partial charge in [0, 0.05) is 16.0 Å². The maximum Gasteiger partial charge on any atom is 0.325 e. The number of Topliss-reactive ketones (excluding diaryl/α,β-unsaturated/α-hetero) is 1. The Morgan fingerprint density at radius 2 is 1.71 bits per heavy atom. The van der Waals surface area contributed by atoms with E-state index in [-0.39, 0.29) is 11.5 Å². The molecule has 2 rings (SSSR count). The quantitative estimate of drug-likeness (QED) is 0.597. The van der Waals surface area contributed by atoms with E-state index in [4.69, 9.17) is 5.11 Å². The summed E-state index contributed by atoms with van der Waals surface area (Å²) in [5.74, 6) is -1.28. The Bertz CT molecular complexity index is 746. The molecule has 2 aromatic carbocycles. The second-order valence-electron chi connectivity index (χ2n) is 5.14. The van der Waals surface area contributed by atoms with Gasteiger partial charge in [-0.3, -0.25) is 14.4 Å². The number of carbonyl (C=O) groups excluding carboxylic acids is 2. The van der Waals surface area contributed by atoms with Crippen molar-refractivity contribution < 1.29 is 19.5 Å². The minimum absolute atomic E-state index is 0.00922. The van der Waals surface area contributed by atoms with Crippen LogP contribution in [0.25, 0.3) is 0 Å². The first-order valence-corrected chi connectivity index (χ1v) is 8.30. The number of thioether (sulfide) groups is 1. The van der Waals surface area contributed by atoms with E-state index < -0.39 is 17.9 Å². The van der Waals surface area contributed by atoms with Gasteiger partial charge in [-0.1, -0.05) is 36.4 Å². The van der Waals surface area contributed by atoms with Crippen LogP contribution in [0.5, 0.6) is 0 Å². The molecule has 0 bridgehead atoms. The molecule has 2 aromatic rings. The zero-order chi connectivity index (χ0) is 17.5. The molecule has 0 aliphatic rings. The standard InChI is InChI=1S/C18H17NO4S/c1-12(18(22)23)19-17(21)14-8-5-9-15(10-14)24-11-16(20)13-6-3-2-4-7-13/h2-10,12H,11H2,1H3,(H,19,21)(H,22,23). The number of ketones is 1. The lowest BCUT2D eigenvalue weighted by Gasteiger charge is -2.10. The van der Waals surface area contributed by atoms with Gasteiger partial charge in [0.05, 0.1) is 5.75 Å². The second-order valence-corrected chi connectivity index (χ2v) is 6.19. The third kappa shape index (κ3) is 4.96. The van der Waals surface area contributed by atoms with Gasteiger partial charge in [-0.15, -0.1) is 11.8 Å². The molecule has 24 heavy (non-hydrogen) atoms. The van der Waals surface area contributed by atoms with Crippen molar-refractivity contribution in [1.82, 2.24) is 5.32 Å². The topological polar surface area (TPSA) is 83.5 Å². The van der Waals surface area contributed by atoms with E-state index in [1.165, 1.54) is 18.7 Å². The molecule has 1 unspecified atom stereocenters. The summed E-state index contributed by atoms with van der Waals surface area (Å²) in [5, 5.41) is 11.2. The van der Waals surface area contributed by atoms with Crippen LogP contribution in [0.15, 0.2) is 59.5 Å². The summed E-state index contributed by atoms with van der Waals surface area (Å²) in [6.45, 7) is 1.40. The monoisotopic (exact) mass is 343 g/mol. The smallest absolute Gasteiger partial charge is 0.325 e. The zero-order valence-electron chi connectivity index (χ0n) is 13.1. The molecule has 2 N–H and O–H groups in total. The van der Waals surface area contributed by atoms with Crippen LogP contribution in [-0.2, 0) is 4.79 Å². The molecule has 0 radical (unpaired) electrons. The fraction of sp³-hybridized carbons (Fsp3) is 0.167. The highest BCUT2D eigenvalue weighted by Crippen LogP contribution is 2.20. The van der Waals surface area contributed by atoms with Gasteiger partial charge in [0.25, 0.3) is 5.91 Å². The molecule has 0 fully saturated rings. The predicted octanol–water partition coefficient (Wildman–Crippen LogP) is 2.86. The van der Waals surface area contributed by atoms with Crippen LogP contribution < -0.4 is 5.32 Å². The number of carboxylic acid groups (broad SMARTS) is 1. The van der Waals surface area contributed by atoms with Gasteiger partial charge in [0.1, 0.15) is 6.04 Å². The summed E-state index contributed by atoms with van der Waals surface area (Å²) in [6, 6.07) is 14.8. The molecule has 0 saturated carbocycles. The summed E-state index contributed by atoms with van der Waals surface area (Å²) in [4.78, 5) is 35.7. The van der Waals surface area contributed by atoms with Crippen molar-refractivity contribution in [3.63, 3.8) is 0 Å². The van der Waals surface area contributed by atoms with E-state index in [1.807, 2.05) is 18.2 Å². The average Bonchev–Trinajstić information content (AvgIpc) is 2.60. The number of carboxylic acids is 1. The molecule has 0 saturated heterocycles. The van der Waals surface area contributed by atoms with Crippen molar-refractivity contribution in [2.75, 3.05) is 5.75 Å². The summed E-state index contributed by atoms with van der Waals surface area (Å²) < 4.78 is 0. The van der Waals surface area contributed by atoms with E-state index >= 15 is 0 Å². The Labute approximate surface area is 144 Å². The van der Waals surface area contributed by atoms with Gasteiger partial charge in [-0.05, 0) is 25.1 Å². The third-order valence-corrected chi connectivity index (χ3v) is 4.27. The maximum absolute atomic E-state index is 12.1. The number of hydrogen-bond donors (Lipinski definition) is 2. The van der Waals surface area contributed by atoms with Gasteiger partial charge >= 0.3 is 5.97 Å². The van der Waals surface area contributed by atoms with Crippen molar-refractivity contribution >= 4 is 29.4 Å². The van der Waals surface area contributed by atoms with E-state index in [2.05, 4.69) is 5.32 Å². The molecule has 0 heterocycles. The molecule has 6 heteroatoms. The maximum atomic E-state index is 12.1. The number of nitrogens with one attached hydrogen (secondary N) is 1. The minimum Gasteiger partial charge on any atom is -0.480 e.